The molecule has 0 atom stereocenters. The monoisotopic (exact) mass is 162 g/mol. The van der Waals surface area contributed by atoms with Crippen LogP contribution in [0.4, 0.5) is 17.6 Å². The van der Waals surface area contributed by atoms with Gasteiger partial charge in [0.25, 0.3) is 0 Å². The average Bonchev–Trinajstić information content (AvgIpc) is 1.59. The molecule has 0 aromatic heterocycles. The van der Waals surface area contributed by atoms with Crippen molar-refractivity contribution < 1.29 is 27.0 Å². The van der Waals surface area contributed by atoms with Crippen LogP contribution in [0.5, 0.6) is 0 Å². The standard InChI is InChI=1S/C4H6F4O2/c1-4(7,8)10-2-9-3(5)6/h3H,2H2,1H3. The van der Waals surface area contributed by atoms with E-state index in [9.17, 15) is 17.6 Å². The molecule has 6 heteroatoms. The van der Waals surface area contributed by atoms with E-state index in [1.54, 1.807) is 0 Å². The topological polar surface area (TPSA) is 18.5 Å². The number of halogens is 4. The Hall–Kier alpha value is -0.360. The van der Waals surface area contributed by atoms with Crippen molar-refractivity contribution in [3.8, 4) is 0 Å². The molecule has 0 fully saturated rings. The summed E-state index contributed by atoms with van der Waals surface area (Å²) in [5, 5.41) is 0. The summed E-state index contributed by atoms with van der Waals surface area (Å²) in [5.41, 5.74) is 0. The highest BCUT2D eigenvalue weighted by atomic mass is 19.3. The molecule has 0 saturated carbocycles. The molecule has 0 unspecified atom stereocenters. The second-order valence-corrected chi connectivity index (χ2v) is 1.50. The molecular weight excluding hydrogens is 156 g/mol. The second-order valence-electron chi connectivity index (χ2n) is 1.50. The predicted molar refractivity (Wildman–Crippen MR) is 23.7 cm³/mol. The van der Waals surface area contributed by atoms with Crippen LogP contribution in [0.25, 0.3) is 0 Å². The first kappa shape index (κ1) is 9.64. The van der Waals surface area contributed by atoms with Gasteiger partial charge >= 0.3 is 12.7 Å². The summed E-state index contributed by atoms with van der Waals surface area (Å²) in [5.74, 6) is 0. The van der Waals surface area contributed by atoms with E-state index in [1.807, 2.05) is 0 Å². The molecule has 0 aromatic carbocycles. The minimum atomic E-state index is -3.42. The maximum absolute atomic E-state index is 11.6. The van der Waals surface area contributed by atoms with E-state index >= 15 is 0 Å². The van der Waals surface area contributed by atoms with Crippen LogP contribution < -0.4 is 0 Å². The summed E-state index contributed by atoms with van der Waals surface area (Å²) in [6, 6.07) is 0. The maximum atomic E-state index is 11.6. The molecule has 0 saturated heterocycles. The van der Waals surface area contributed by atoms with Crippen molar-refractivity contribution in [1.82, 2.24) is 0 Å². The SMILES string of the molecule is CC(F)(F)OCOC(F)F. The van der Waals surface area contributed by atoms with Gasteiger partial charge in [-0.05, 0) is 0 Å². The van der Waals surface area contributed by atoms with Crippen molar-refractivity contribution in [3.05, 3.63) is 0 Å². The van der Waals surface area contributed by atoms with Gasteiger partial charge in [-0.3, -0.25) is 9.47 Å². The molecule has 0 spiro atoms. The third-order valence-corrected chi connectivity index (χ3v) is 0.506. The summed E-state index contributed by atoms with van der Waals surface area (Å²) in [6.07, 6.45) is -3.42. The molecule has 10 heavy (non-hydrogen) atoms. The summed E-state index contributed by atoms with van der Waals surface area (Å²) in [6.45, 7) is -3.76. The van der Waals surface area contributed by atoms with Crippen LogP contribution >= 0.6 is 0 Å². The van der Waals surface area contributed by atoms with Gasteiger partial charge in [-0.15, -0.1) is 0 Å². The Bertz CT molecular complexity index is 89.7. The Morgan fingerprint density at radius 3 is 2.20 bits per heavy atom. The summed E-state index contributed by atoms with van der Waals surface area (Å²) < 4.78 is 52.3. The van der Waals surface area contributed by atoms with Crippen LogP contribution in [0.15, 0.2) is 0 Å². The Kier molecular flexibility index (Phi) is 3.59. The van der Waals surface area contributed by atoms with Crippen molar-refractivity contribution >= 4 is 0 Å². The first-order valence-corrected chi connectivity index (χ1v) is 2.33. The average molecular weight is 162 g/mol. The van der Waals surface area contributed by atoms with Gasteiger partial charge in [0.2, 0.25) is 0 Å². The Morgan fingerprint density at radius 2 is 1.90 bits per heavy atom. The van der Waals surface area contributed by atoms with Crippen LogP contribution in [0.1, 0.15) is 6.92 Å². The summed E-state index contributed by atoms with van der Waals surface area (Å²) in [7, 11) is 0. The number of rotatable bonds is 4. The first-order valence-electron chi connectivity index (χ1n) is 2.33. The first-order chi connectivity index (χ1) is 4.42. The molecule has 0 amide bonds. The van der Waals surface area contributed by atoms with Crippen LogP contribution in [-0.4, -0.2) is 19.5 Å². The lowest BCUT2D eigenvalue weighted by Gasteiger charge is -2.10. The van der Waals surface area contributed by atoms with Crippen LogP contribution in [0.2, 0.25) is 0 Å². The number of alkyl halides is 4. The lowest BCUT2D eigenvalue weighted by molar-refractivity contribution is -0.294. The van der Waals surface area contributed by atoms with E-state index in [1.165, 1.54) is 0 Å². The quantitative estimate of drug-likeness (QED) is 0.463. The zero-order valence-corrected chi connectivity index (χ0v) is 5.11. The van der Waals surface area contributed by atoms with Gasteiger partial charge in [-0.2, -0.15) is 17.6 Å². The fourth-order valence-electron chi connectivity index (χ4n) is 0.189. The molecule has 0 aromatic rings. The second kappa shape index (κ2) is 3.72. The minimum absolute atomic E-state index is 0.432. The van der Waals surface area contributed by atoms with E-state index in [0.717, 1.165) is 0 Å². The van der Waals surface area contributed by atoms with Crippen molar-refractivity contribution in [3.63, 3.8) is 0 Å². The van der Waals surface area contributed by atoms with Crippen LogP contribution in [-0.2, 0) is 9.47 Å². The summed E-state index contributed by atoms with van der Waals surface area (Å²) in [4.78, 5) is 0. The fourth-order valence-corrected chi connectivity index (χ4v) is 0.189. The molecule has 0 aliphatic carbocycles. The molecule has 0 aliphatic heterocycles. The van der Waals surface area contributed by atoms with Gasteiger partial charge in [-0.1, -0.05) is 0 Å². The molecule has 2 nitrogen and oxygen atoms in total. The zero-order chi connectivity index (χ0) is 8.20. The highest BCUT2D eigenvalue weighted by Crippen LogP contribution is 2.13. The van der Waals surface area contributed by atoms with E-state index in [0.29, 0.717) is 6.92 Å². The Balaban J connectivity index is 3.21. The molecule has 0 bridgehead atoms. The van der Waals surface area contributed by atoms with Gasteiger partial charge < -0.3 is 0 Å². The van der Waals surface area contributed by atoms with Crippen molar-refractivity contribution in [2.24, 2.45) is 0 Å². The molecule has 0 N–H and O–H groups in total. The van der Waals surface area contributed by atoms with E-state index in [-0.39, 0.29) is 0 Å². The molecule has 0 radical (unpaired) electrons. The fraction of sp³-hybridized carbons (Fsp3) is 1.00. The van der Waals surface area contributed by atoms with Gasteiger partial charge in [0.1, 0.15) is 0 Å². The van der Waals surface area contributed by atoms with E-state index in [2.05, 4.69) is 9.47 Å². The smallest absolute Gasteiger partial charge is 0.296 e. The predicted octanol–water partition coefficient (Wildman–Crippen LogP) is 1.81. The molecule has 0 aliphatic rings. The zero-order valence-electron chi connectivity index (χ0n) is 5.11. The maximum Gasteiger partial charge on any atom is 0.354 e. The summed E-state index contributed by atoms with van der Waals surface area (Å²) >= 11 is 0. The Morgan fingerprint density at radius 1 is 1.40 bits per heavy atom. The number of hydrogen-bond acceptors (Lipinski definition) is 2. The van der Waals surface area contributed by atoms with Crippen LogP contribution in [0, 0.1) is 0 Å². The van der Waals surface area contributed by atoms with Crippen molar-refractivity contribution in [2.45, 2.75) is 19.6 Å². The number of ether oxygens (including phenoxy) is 2. The molecule has 62 valence electrons. The lowest BCUT2D eigenvalue weighted by Crippen LogP contribution is -2.18. The highest BCUT2D eigenvalue weighted by molar-refractivity contribution is 4.33. The normalized spacial score (nSPS) is 12.6. The molecule has 0 heterocycles. The molecule has 0 rings (SSSR count). The van der Waals surface area contributed by atoms with Gasteiger partial charge in [0, 0.05) is 6.92 Å². The van der Waals surface area contributed by atoms with Crippen molar-refractivity contribution in [1.29, 1.82) is 0 Å². The molecular formula is C4H6F4O2. The van der Waals surface area contributed by atoms with Gasteiger partial charge in [0.15, 0.2) is 6.79 Å². The third-order valence-electron chi connectivity index (χ3n) is 0.506. The van der Waals surface area contributed by atoms with Gasteiger partial charge in [0.05, 0.1) is 0 Å². The number of hydrogen-bond donors (Lipinski definition) is 0. The minimum Gasteiger partial charge on any atom is -0.296 e. The highest BCUT2D eigenvalue weighted by Gasteiger charge is 2.21. The third kappa shape index (κ3) is 7.64. The van der Waals surface area contributed by atoms with E-state index in [4.69, 9.17) is 0 Å². The van der Waals surface area contributed by atoms with E-state index < -0.39 is 19.5 Å². The van der Waals surface area contributed by atoms with Gasteiger partial charge in [-0.25, -0.2) is 0 Å². The lowest BCUT2D eigenvalue weighted by atomic mass is 10.7. The van der Waals surface area contributed by atoms with Crippen LogP contribution in [0.3, 0.4) is 0 Å². The van der Waals surface area contributed by atoms with Crippen molar-refractivity contribution in [2.75, 3.05) is 6.79 Å². The largest absolute Gasteiger partial charge is 0.354 e. The Labute approximate surface area is 54.7 Å².